The van der Waals surface area contributed by atoms with E-state index in [0.29, 0.717) is 0 Å². The van der Waals surface area contributed by atoms with Crippen molar-refractivity contribution in [2.24, 2.45) is 0 Å². The average molecular weight is 596 g/mol. The molecule has 0 spiro atoms. The second-order valence-electron chi connectivity index (χ2n) is 12.8. The van der Waals surface area contributed by atoms with Gasteiger partial charge >= 0.3 is 0 Å². The molecule has 5 aromatic rings. The van der Waals surface area contributed by atoms with Gasteiger partial charge in [-0.25, -0.2) is 0 Å². The summed E-state index contributed by atoms with van der Waals surface area (Å²) >= 11 is 1.76. The molecular formula is C40H37NO2S. The number of hydrogen-bond acceptors (Lipinski definition) is 4. The molecule has 4 heteroatoms. The number of benzene rings is 5. The fraction of sp³-hybridized carbons (Fsp3) is 0.250. The molecule has 2 heterocycles. The second kappa shape index (κ2) is 10.3. The van der Waals surface area contributed by atoms with Crippen molar-refractivity contribution in [2.45, 2.75) is 36.7 Å². The molecule has 1 unspecified atom stereocenters. The summed E-state index contributed by atoms with van der Waals surface area (Å²) in [6.45, 7) is 10.3. The molecule has 3 nitrogen and oxygen atoms in total. The Hall–Kier alpha value is -3.99. The van der Waals surface area contributed by atoms with E-state index in [2.05, 4.69) is 135 Å². The van der Waals surface area contributed by atoms with Gasteiger partial charge in [0, 0.05) is 51.2 Å². The minimum atomic E-state index is -0.767. The van der Waals surface area contributed by atoms with E-state index in [1.54, 1.807) is 11.8 Å². The minimum absolute atomic E-state index is 0.154. The van der Waals surface area contributed by atoms with Crippen LogP contribution in [0.3, 0.4) is 0 Å². The van der Waals surface area contributed by atoms with Crippen LogP contribution >= 0.6 is 11.8 Å². The van der Waals surface area contributed by atoms with Crippen molar-refractivity contribution in [3.63, 3.8) is 0 Å². The zero-order chi connectivity index (χ0) is 30.1. The van der Waals surface area contributed by atoms with Crippen LogP contribution in [-0.4, -0.2) is 32.6 Å². The highest BCUT2D eigenvalue weighted by atomic mass is 32.2. The summed E-state index contributed by atoms with van der Waals surface area (Å²) in [5.41, 5.74) is 10.5. The maximum atomic E-state index is 7.48. The van der Waals surface area contributed by atoms with Crippen LogP contribution in [0.2, 0.25) is 0 Å². The quantitative estimate of drug-likeness (QED) is 0.193. The lowest BCUT2D eigenvalue weighted by Gasteiger charge is -2.39. The highest BCUT2D eigenvalue weighted by Gasteiger charge is 2.44. The third kappa shape index (κ3) is 4.08. The van der Waals surface area contributed by atoms with Gasteiger partial charge in [-0.2, -0.15) is 0 Å². The number of fused-ring (bicyclic) bond motifs is 8. The molecule has 2 aliphatic heterocycles. The molecule has 0 bridgehead atoms. The summed E-state index contributed by atoms with van der Waals surface area (Å²) < 4.78 is 13.1. The molecule has 1 fully saturated rings. The Labute approximate surface area is 264 Å². The van der Waals surface area contributed by atoms with Crippen LogP contribution in [0.15, 0.2) is 102 Å². The first kappa shape index (κ1) is 27.6. The van der Waals surface area contributed by atoms with Crippen LogP contribution in [0.4, 0.5) is 5.69 Å². The third-order valence-electron chi connectivity index (χ3n) is 9.89. The molecule has 0 radical (unpaired) electrons. The van der Waals surface area contributed by atoms with Crippen molar-refractivity contribution >= 4 is 34.3 Å². The Balaban J connectivity index is 1.35. The van der Waals surface area contributed by atoms with E-state index in [1.165, 1.54) is 49.3 Å². The van der Waals surface area contributed by atoms with Gasteiger partial charge < -0.3 is 14.4 Å². The van der Waals surface area contributed by atoms with Crippen molar-refractivity contribution in [1.29, 1.82) is 0 Å². The Morgan fingerprint density at radius 1 is 0.795 bits per heavy atom. The number of aryl methyl sites for hydroxylation is 1. The van der Waals surface area contributed by atoms with E-state index >= 15 is 0 Å². The summed E-state index contributed by atoms with van der Waals surface area (Å²) in [4.78, 5) is 3.64. The summed E-state index contributed by atoms with van der Waals surface area (Å²) in [5.74, 6) is 0.964. The molecule has 0 N–H and O–H groups in total. The van der Waals surface area contributed by atoms with E-state index < -0.39 is 5.60 Å². The zero-order valence-corrected chi connectivity index (χ0v) is 26.6. The molecule has 0 aromatic heterocycles. The first-order valence-corrected chi connectivity index (χ1v) is 16.8. The van der Waals surface area contributed by atoms with Crippen LogP contribution in [-0.2, 0) is 15.8 Å². The average Bonchev–Trinajstić information content (AvgIpc) is 3.31. The van der Waals surface area contributed by atoms with E-state index in [-0.39, 0.29) is 5.41 Å². The van der Waals surface area contributed by atoms with Gasteiger partial charge in [-0.1, -0.05) is 92.2 Å². The molecule has 0 saturated carbocycles. The Bertz CT molecular complexity index is 1930. The SMILES string of the molecule is CSc1ccc(C2(c3ccc(N4CCOCC4)cc3)C=Cc3c4c(c5ccccc5c3O2)-c2ccc(C)cc2C4(C)C)cc1. The number of rotatable bonds is 4. The van der Waals surface area contributed by atoms with Crippen molar-refractivity contribution in [2.75, 3.05) is 37.5 Å². The zero-order valence-electron chi connectivity index (χ0n) is 25.8. The summed E-state index contributed by atoms with van der Waals surface area (Å²) in [6, 6.07) is 33.6. The lowest BCUT2D eigenvalue weighted by Crippen LogP contribution is -2.37. The highest BCUT2D eigenvalue weighted by molar-refractivity contribution is 7.98. The molecule has 5 aromatic carbocycles. The van der Waals surface area contributed by atoms with Crippen LogP contribution in [0, 0.1) is 6.92 Å². The predicted molar refractivity (Wildman–Crippen MR) is 184 cm³/mol. The van der Waals surface area contributed by atoms with Gasteiger partial charge in [0.2, 0.25) is 0 Å². The fourth-order valence-corrected chi connectivity index (χ4v) is 8.01. The number of morpholine rings is 1. The lowest BCUT2D eigenvalue weighted by atomic mass is 9.76. The van der Waals surface area contributed by atoms with Crippen molar-refractivity contribution < 1.29 is 9.47 Å². The minimum Gasteiger partial charge on any atom is -0.472 e. The van der Waals surface area contributed by atoms with Gasteiger partial charge in [0.15, 0.2) is 5.60 Å². The van der Waals surface area contributed by atoms with Gasteiger partial charge in [-0.3, -0.25) is 0 Å². The van der Waals surface area contributed by atoms with Gasteiger partial charge in [0.05, 0.1) is 13.2 Å². The van der Waals surface area contributed by atoms with E-state index in [9.17, 15) is 0 Å². The van der Waals surface area contributed by atoms with Crippen LogP contribution < -0.4 is 9.64 Å². The van der Waals surface area contributed by atoms with Crippen LogP contribution in [0.5, 0.6) is 5.75 Å². The van der Waals surface area contributed by atoms with Crippen molar-refractivity contribution in [3.8, 4) is 16.9 Å². The number of anilines is 1. The highest BCUT2D eigenvalue weighted by Crippen LogP contribution is 2.58. The van der Waals surface area contributed by atoms with Gasteiger partial charge in [0.25, 0.3) is 0 Å². The van der Waals surface area contributed by atoms with Crippen LogP contribution in [0.1, 0.15) is 47.2 Å². The molecule has 3 aliphatic rings. The Morgan fingerprint density at radius 3 is 2.18 bits per heavy atom. The second-order valence-corrected chi connectivity index (χ2v) is 13.6. The van der Waals surface area contributed by atoms with Crippen LogP contribution in [0.25, 0.3) is 28.0 Å². The first-order valence-electron chi connectivity index (χ1n) is 15.6. The molecule has 1 atom stereocenters. The molecule has 220 valence electrons. The topological polar surface area (TPSA) is 21.7 Å². The fourth-order valence-electron chi connectivity index (χ4n) is 7.61. The normalized spacial score (nSPS) is 19.8. The molecule has 44 heavy (non-hydrogen) atoms. The number of ether oxygens (including phenoxy) is 2. The molecular weight excluding hydrogens is 559 g/mol. The predicted octanol–water partition coefficient (Wildman–Crippen LogP) is 9.36. The van der Waals surface area contributed by atoms with Crippen molar-refractivity contribution in [3.05, 3.63) is 130 Å². The summed E-state index contributed by atoms with van der Waals surface area (Å²) in [7, 11) is 0. The molecule has 8 rings (SSSR count). The maximum Gasteiger partial charge on any atom is 0.178 e. The standard InChI is InChI=1S/C40H37NO2S/c1-26-9-18-33-35(25-26)39(2,3)37-34-19-20-40(28-12-16-30(44-4)17-13-28,43-38(34)32-8-6-5-7-31(32)36(33)37)27-10-14-29(15-11-27)41-21-23-42-24-22-41/h5-20,25H,21-24H2,1-4H3. The molecule has 1 aliphatic carbocycles. The molecule has 0 amide bonds. The van der Waals surface area contributed by atoms with Crippen molar-refractivity contribution in [1.82, 2.24) is 0 Å². The Morgan fingerprint density at radius 2 is 1.48 bits per heavy atom. The monoisotopic (exact) mass is 595 g/mol. The van der Waals surface area contributed by atoms with E-state index in [0.717, 1.165) is 48.6 Å². The summed E-state index contributed by atoms with van der Waals surface area (Å²) in [6.07, 6.45) is 6.77. The maximum absolute atomic E-state index is 7.48. The van der Waals surface area contributed by atoms with Gasteiger partial charge in [-0.15, -0.1) is 11.8 Å². The van der Waals surface area contributed by atoms with E-state index in [1.807, 2.05) is 0 Å². The number of nitrogens with zero attached hydrogens (tertiary/aromatic N) is 1. The Kier molecular flexibility index (Phi) is 6.44. The first-order chi connectivity index (χ1) is 21.4. The number of thioether (sulfide) groups is 1. The summed E-state index contributed by atoms with van der Waals surface area (Å²) in [5, 5.41) is 2.41. The third-order valence-corrected chi connectivity index (χ3v) is 10.6. The molecule has 1 saturated heterocycles. The smallest absolute Gasteiger partial charge is 0.178 e. The van der Waals surface area contributed by atoms with E-state index in [4.69, 9.17) is 9.47 Å². The number of hydrogen-bond donors (Lipinski definition) is 0. The lowest BCUT2D eigenvalue weighted by molar-refractivity contribution is 0.122. The largest absolute Gasteiger partial charge is 0.472 e. The van der Waals surface area contributed by atoms with Gasteiger partial charge in [-0.05, 0) is 71.2 Å². The van der Waals surface area contributed by atoms with Gasteiger partial charge in [0.1, 0.15) is 5.75 Å².